The summed E-state index contributed by atoms with van der Waals surface area (Å²) in [6.45, 7) is 2.92. The molecule has 1 aliphatic carbocycles. The van der Waals surface area contributed by atoms with E-state index in [9.17, 15) is 4.79 Å². The maximum atomic E-state index is 12.0. The Morgan fingerprint density at radius 2 is 2.22 bits per heavy atom. The summed E-state index contributed by atoms with van der Waals surface area (Å²) in [5.41, 5.74) is 7.05. The Bertz CT molecular complexity index is 450. The highest BCUT2D eigenvalue weighted by Crippen LogP contribution is 2.43. The maximum Gasteiger partial charge on any atom is 0.253 e. The van der Waals surface area contributed by atoms with Gasteiger partial charge < -0.3 is 11.1 Å². The van der Waals surface area contributed by atoms with Gasteiger partial charge in [0.05, 0.1) is 5.56 Å². The van der Waals surface area contributed by atoms with Gasteiger partial charge in [0.1, 0.15) is 0 Å². The maximum absolute atomic E-state index is 12.0. The molecule has 3 nitrogen and oxygen atoms in total. The van der Waals surface area contributed by atoms with Crippen LogP contribution in [-0.2, 0) is 0 Å². The summed E-state index contributed by atoms with van der Waals surface area (Å²) in [6, 6.07) is 4.97. The second kappa shape index (κ2) is 5.19. The van der Waals surface area contributed by atoms with Gasteiger partial charge in [0.2, 0.25) is 0 Å². The van der Waals surface area contributed by atoms with E-state index in [4.69, 9.17) is 17.3 Å². The van der Waals surface area contributed by atoms with Gasteiger partial charge in [0, 0.05) is 17.3 Å². The molecule has 0 aromatic heterocycles. The second-order valence-corrected chi connectivity index (χ2v) is 5.56. The van der Waals surface area contributed by atoms with Gasteiger partial charge >= 0.3 is 0 Å². The molecular weight excluding hydrogens is 248 g/mol. The van der Waals surface area contributed by atoms with Gasteiger partial charge in [-0.2, -0.15) is 0 Å². The lowest BCUT2D eigenvalue weighted by Gasteiger charge is -2.41. The molecular formula is C14H19ClN2O. The van der Waals surface area contributed by atoms with Crippen molar-refractivity contribution in [2.75, 3.05) is 12.3 Å². The van der Waals surface area contributed by atoms with Crippen molar-refractivity contribution in [3.63, 3.8) is 0 Å². The number of carbonyl (C=O) groups is 1. The van der Waals surface area contributed by atoms with Crippen molar-refractivity contribution >= 4 is 23.2 Å². The van der Waals surface area contributed by atoms with E-state index in [1.54, 1.807) is 18.2 Å². The van der Waals surface area contributed by atoms with E-state index in [0.717, 1.165) is 13.0 Å². The van der Waals surface area contributed by atoms with Crippen LogP contribution in [0.4, 0.5) is 5.69 Å². The van der Waals surface area contributed by atoms with Gasteiger partial charge in [-0.05, 0) is 42.9 Å². The number of hydrogen-bond acceptors (Lipinski definition) is 2. The zero-order chi connectivity index (χ0) is 13.2. The second-order valence-electron chi connectivity index (χ2n) is 5.12. The van der Waals surface area contributed by atoms with E-state index in [2.05, 4.69) is 12.2 Å². The summed E-state index contributed by atoms with van der Waals surface area (Å²) in [6.07, 6.45) is 4.80. The highest BCUT2D eigenvalue weighted by atomic mass is 35.5. The molecule has 1 aliphatic rings. The summed E-state index contributed by atoms with van der Waals surface area (Å²) >= 11 is 5.81. The van der Waals surface area contributed by atoms with Crippen LogP contribution in [0.15, 0.2) is 18.2 Å². The van der Waals surface area contributed by atoms with E-state index >= 15 is 0 Å². The smallest absolute Gasteiger partial charge is 0.253 e. The Balaban J connectivity index is 1.99. The van der Waals surface area contributed by atoms with Gasteiger partial charge in [-0.1, -0.05) is 24.9 Å². The highest BCUT2D eigenvalue weighted by Gasteiger charge is 2.35. The number of carbonyl (C=O) groups excluding carboxylic acids is 1. The van der Waals surface area contributed by atoms with Crippen molar-refractivity contribution in [1.29, 1.82) is 0 Å². The zero-order valence-electron chi connectivity index (χ0n) is 10.6. The zero-order valence-corrected chi connectivity index (χ0v) is 11.4. The van der Waals surface area contributed by atoms with E-state index in [1.807, 2.05) is 0 Å². The number of amides is 1. The van der Waals surface area contributed by atoms with Crippen molar-refractivity contribution in [2.24, 2.45) is 5.41 Å². The van der Waals surface area contributed by atoms with Crippen LogP contribution in [0.25, 0.3) is 0 Å². The fourth-order valence-electron chi connectivity index (χ4n) is 2.44. The van der Waals surface area contributed by atoms with Gasteiger partial charge in [0.15, 0.2) is 0 Å². The first-order chi connectivity index (χ1) is 8.56. The molecule has 0 saturated heterocycles. The van der Waals surface area contributed by atoms with Crippen molar-refractivity contribution in [3.8, 4) is 0 Å². The quantitative estimate of drug-likeness (QED) is 0.822. The molecule has 2 rings (SSSR count). The molecule has 1 saturated carbocycles. The van der Waals surface area contributed by atoms with Crippen LogP contribution in [0.1, 0.15) is 43.0 Å². The third kappa shape index (κ3) is 2.61. The van der Waals surface area contributed by atoms with Crippen LogP contribution in [0, 0.1) is 5.41 Å². The van der Waals surface area contributed by atoms with E-state index in [-0.39, 0.29) is 5.91 Å². The lowest BCUT2D eigenvalue weighted by Crippen LogP contribution is -2.41. The van der Waals surface area contributed by atoms with Gasteiger partial charge in [-0.15, -0.1) is 0 Å². The summed E-state index contributed by atoms with van der Waals surface area (Å²) in [4.78, 5) is 12.0. The van der Waals surface area contributed by atoms with Gasteiger partial charge in [-0.25, -0.2) is 0 Å². The molecule has 0 spiro atoms. The number of halogens is 1. The molecule has 4 heteroatoms. The molecule has 0 bridgehead atoms. The molecule has 0 aliphatic heterocycles. The topological polar surface area (TPSA) is 55.1 Å². The summed E-state index contributed by atoms with van der Waals surface area (Å²) in [7, 11) is 0. The predicted octanol–water partition coefficient (Wildman–Crippen LogP) is 3.23. The number of nitrogens with two attached hydrogens (primary N) is 1. The Morgan fingerprint density at radius 1 is 1.50 bits per heavy atom. The monoisotopic (exact) mass is 266 g/mol. The van der Waals surface area contributed by atoms with E-state index in [0.29, 0.717) is 21.7 Å². The van der Waals surface area contributed by atoms with Crippen molar-refractivity contribution in [3.05, 3.63) is 28.8 Å². The number of benzene rings is 1. The standard InChI is InChI=1S/C14H19ClN2O/c1-2-14(6-3-7-14)9-17-13(18)11-5-4-10(15)8-12(11)16/h4-5,8H,2-3,6-7,9,16H2,1H3,(H,17,18). The average molecular weight is 267 g/mol. The Hall–Kier alpha value is -1.22. The van der Waals surface area contributed by atoms with Crippen molar-refractivity contribution in [2.45, 2.75) is 32.6 Å². The Kier molecular flexibility index (Phi) is 3.81. The number of anilines is 1. The van der Waals surface area contributed by atoms with Gasteiger partial charge in [-0.3, -0.25) is 4.79 Å². The third-order valence-corrected chi connectivity index (χ3v) is 4.28. The minimum atomic E-state index is -0.108. The van der Waals surface area contributed by atoms with E-state index < -0.39 is 0 Å². The van der Waals surface area contributed by atoms with Crippen LogP contribution >= 0.6 is 11.6 Å². The molecule has 98 valence electrons. The number of nitrogens with one attached hydrogen (secondary N) is 1. The summed E-state index contributed by atoms with van der Waals surface area (Å²) in [5, 5.41) is 3.54. The molecule has 1 aromatic carbocycles. The minimum Gasteiger partial charge on any atom is -0.398 e. The molecule has 18 heavy (non-hydrogen) atoms. The van der Waals surface area contributed by atoms with Crippen LogP contribution in [-0.4, -0.2) is 12.5 Å². The minimum absolute atomic E-state index is 0.108. The first kappa shape index (κ1) is 13.2. The van der Waals surface area contributed by atoms with E-state index in [1.165, 1.54) is 19.3 Å². The largest absolute Gasteiger partial charge is 0.398 e. The van der Waals surface area contributed by atoms with Crippen LogP contribution < -0.4 is 11.1 Å². The molecule has 3 N–H and O–H groups in total. The normalized spacial score (nSPS) is 17.0. The third-order valence-electron chi connectivity index (χ3n) is 4.05. The molecule has 0 unspecified atom stereocenters. The fourth-order valence-corrected chi connectivity index (χ4v) is 2.62. The molecule has 0 atom stereocenters. The molecule has 0 radical (unpaired) electrons. The molecule has 1 aromatic rings. The fraction of sp³-hybridized carbons (Fsp3) is 0.500. The predicted molar refractivity (Wildman–Crippen MR) is 74.8 cm³/mol. The molecule has 1 amide bonds. The van der Waals surface area contributed by atoms with Crippen LogP contribution in [0.3, 0.4) is 0 Å². The SMILES string of the molecule is CCC1(CNC(=O)c2ccc(Cl)cc2N)CCC1. The van der Waals surface area contributed by atoms with Crippen LogP contribution in [0.5, 0.6) is 0 Å². The summed E-state index contributed by atoms with van der Waals surface area (Å²) < 4.78 is 0. The average Bonchev–Trinajstić information content (AvgIpc) is 2.27. The lowest BCUT2D eigenvalue weighted by molar-refractivity contribution is 0.0851. The van der Waals surface area contributed by atoms with Crippen LogP contribution in [0.2, 0.25) is 5.02 Å². The number of hydrogen-bond donors (Lipinski definition) is 2. The number of rotatable bonds is 4. The van der Waals surface area contributed by atoms with Crippen molar-refractivity contribution < 1.29 is 4.79 Å². The first-order valence-electron chi connectivity index (χ1n) is 6.39. The van der Waals surface area contributed by atoms with Gasteiger partial charge in [0.25, 0.3) is 5.91 Å². The Morgan fingerprint density at radius 3 is 2.72 bits per heavy atom. The Labute approximate surface area is 113 Å². The number of nitrogen functional groups attached to an aromatic ring is 1. The highest BCUT2D eigenvalue weighted by molar-refractivity contribution is 6.31. The molecule has 0 heterocycles. The lowest BCUT2D eigenvalue weighted by atomic mass is 9.67. The molecule has 1 fully saturated rings. The first-order valence-corrected chi connectivity index (χ1v) is 6.77. The summed E-state index contributed by atoms with van der Waals surface area (Å²) in [5.74, 6) is -0.108. The van der Waals surface area contributed by atoms with Crippen molar-refractivity contribution in [1.82, 2.24) is 5.32 Å².